The molecule has 0 amide bonds. The zero-order chi connectivity index (χ0) is 9.84. The van der Waals surface area contributed by atoms with E-state index in [4.69, 9.17) is 22.1 Å². The summed E-state index contributed by atoms with van der Waals surface area (Å²) in [5, 5.41) is 0.657. The molecule has 13 heavy (non-hydrogen) atoms. The molecule has 0 saturated heterocycles. The monoisotopic (exact) mass is 200 g/mol. The molecule has 0 spiro atoms. The predicted molar refractivity (Wildman–Crippen MR) is 53.2 cm³/mol. The van der Waals surface area contributed by atoms with Gasteiger partial charge in [0.25, 0.3) is 0 Å². The van der Waals surface area contributed by atoms with E-state index in [0.29, 0.717) is 17.3 Å². The van der Waals surface area contributed by atoms with E-state index in [0.717, 1.165) is 5.56 Å². The maximum atomic E-state index is 5.98. The van der Waals surface area contributed by atoms with Crippen molar-refractivity contribution in [3.8, 4) is 5.88 Å². The van der Waals surface area contributed by atoms with Crippen molar-refractivity contribution in [1.29, 1.82) is 0 Å². The van der Waals surface area contributed by atoms with E-state index in [1.165, 1.54) is 0 Å². The second kappa shape index (κ2) is 4.44. The summed E-state index contributed by atoms with van der Waals surface area (Å²) in [4.78, 5) is 4.05. The summed E-state index contributed by atoms with van der Waals surface area (Å²) in [6, 6.07) is 1.79. The first kappa shape index (κ1) is 10.3. The maximum Gasteiger partial charge on any atom is 0.217 e. The minimum absolute atomic E-state index is 0.0515. The highest BCUT2D eigenvalue weighted by molar-refractivity contribution is 6.31. The zero-order valence-corrected chi connectivity index (χ0v) is 8.51. The lowest BCUT2D eigenvalue weighted by molar-refractivity contribution is 0.391. The summed E-state index contributed by atoms with van der Waals surface area (Å²) in [5.74, 6) is 0.560. The van der Waals surface area contributed by atoms with Crippen LogP contribution >= 0.6 is 11.6 Å². The highest BCUT2D eigenvalue weighted by atomic mass is 35.5. The van der Waals surface area contributed by atoms with E-state index < -0.39 is 0 Å². The largest absolute Gasteiger partial charge is 0.481 e. The lowest BCUT2D eigenvalue weighted by Gasteiger charge is -2.10. The van der Waals surface area contributed by atoms with Gasteiger partial charge in [0.05, 0.1) is 12.1 Å². The third-order valence-corrected chi connectivity index (χ3v) is 2.03. The van der Waals surface area contributed by atoms with E-state index in [2.05, 4.69) is 4.98 Å². The van der Waals surface area contributed by atoms with E-state index in [-0.39, 0.29) is 6.04 Å². The Morgan fingerprint density at radius 3 is 2.92 bits per heavy atom. The number of hydrogen-bond donors (Lipinski definition) is 1. The molecule has 0 aromatic carbocycles. The summed E-state index contributed by atoms with van der Waals surface area (Å²) in [5.41, 5.74) is 6.55. The molecule has 0 radical (unpaired) electrons. The van der Waals surface area contributed by atoms with Gasteiger partial charge in [-0.2, -0.15) is 0 Å². The molecule has 0 bridgehead atoms. The molecule has 72 valence electrons. The number of aromatic nitrogens is 1. The van der Waals surface area contributed by atoms with Crippen LogP contribution in [0.1, 0.15) is 12.5 Å². The van der Waals surface area contributed by atoms with E-state index in [1.54, 1.807) is 19.4 Å². The van der Waals surface area contributed by atoms with Gasteiger partial charge < -0.3 is 10.5 Å². The lowest BCUT2D eigenvalue weighted by atomic mass is 10.1. The van der Waals surface area contributed by atoms with E-state index in [9.17, 15) is 0 Å². The van der Waals surface area contributed by atoms with Crippen LogP contribution in [0, 0.1) is 0 Å². The van der Waals surface area contributed by atoms with Crippen LogP contribution in [0.4, 0.5) is 0 Å². The van der Waals surface area contributed by atoms with Crippen LogP contribution in [-0.2, 0) is 6.42 Å². The summed E-state index contributed by atoms with van der Waals surface area (Å²) in [6.07, 6.45) is 2.29. The molecule has 1 rings (SSSR count). The average molecular weight is 201 g/mol. The number of methoxy groups -OCH3 is 1. The molecule has 1 atom stereocenters. The fourth-order valence-corrected chi connectivity index (χ4v) is 1.35. The molecule has 0 fully saturated rings. The Labute approximate surface area is 82.9 Å². The Bertz CT molecular complexity index is 289. The Morgan fingerprint density at radius 1 is 1.69 bits per heavy atom. The Morgan fingerprint density at radius 2 is 2.38 bits per heavy atom. The molecule has 4 heteroatoms. The quantitative estimate of drug-likeness (QED) is 0.807. The number of hydrogen-bond acceptors (Lipinski definition) is 3. The summed E-state index contributed by atoms with van der Waals surface area (Å²) in [6.45, 7) is 1.92. The van der Waals surface area contributed by atoms with Gasteiger partial charge >= 0.3 is 0 Å². The first-order valence-electron chi connectivity index (χ1n) is 4.08. The Balaban J connectivity index is 3.00. The number of rotatable bonds is 3. The fraction of sp³-hybridized carbons (Fsp3) is 0.444. The third-order valence-electron chi connectivity index (χ3n) is 1.68. The van der Waals surface area contributed by atoms with Gasteiger partial charge in [0.15, 0.2) is 0 Å². The molecule has 2 N–H and O–H groups in total. The second-order valence-electron chi connectivity index (χ2n) is 2.96. The summed E-state index contributed by atoms with van der Waals surface area (Å²) >= 11 is 5.98. The van der Waals surface area contributed by atoms with Crippen molar-refractivity contribution in [2.24, 2.45) is 5.73 Å². The second-order valence-corrected chi connectivity index (χ2v) is 3.37. The van der Waals surface area contributed by atoms with Gasteiger partial charge in [-0.1, -0.05) is 11.6 Å². The van der Waals surface area contributed by atoms with Gasteiger partial charge in [0.1, 0.15) is 0 Å². The Hall–Kier alpha value is -0.800. The van der Waals surface area contributed by atoms with Crippen LogP contribution in [0.3, 0.4) is 0 Å². The standard InChI is InChI=1S/C9H13ClN2O/c1-6(11)5-7-8(10)3-4-12-9(7)13-2/h3-4,6H,5,11H2,1-2H3/t6-/m0/s1. The van der Waals surface area contributed by atoms with Crippen LogP contribution in [0.15, 0.2) is 12.3 Å². The zero-order valence-electron chi connectivity index (χ0n) is 7.75. The molecule has 1 aromatic rings. The average Bonchev–Trinajstić information content (AvgIpc) is 2.08. The van der Waals surface area contributed by atoms with Crippen LogP contribution in [-0.4, -0.2) is 18.1 Å². The molecule has 0 aliphatic heterocycles. The predicted octanol–water partition coefficient (Wildman–Crippen LogP) is 1.63. The number of nitrogens with two attached hydrogens (primary N) is 1. The lowest BCUT2D eigenvalue weighted by Crippen LogP contribution is -2.18. The Kier molecular flexibility index (Phi) is 3.51. The highest BCUT2D eigenvalue weighted by Gasteiger charge is 2.10. The molecule has 0 aliphatic carbocycles. The maximum absolute atomic E-state index is 5.98. The van der Waals surface area contributed by atoms with Gasteiger partial charge in [0, 0.05) is 17.8 Å². The normalized spacial score (nSPS) is 12.6. The smallest absolute Gasteiger partial charge is 0.217 e. The van der Waals surface area contributed by atoms with Gasteiger partial charge in [-0.05, 0) is 19.4 Å². The molecule has 0 saturated carbocycles. The number of pyridine rings is 1. The molecular formula is C9H13ClN2O. The first-order chi connectivity index (χ1) is 6.15. The topological polar surface area (TPSA) is 48.1 Å². The van der Waals surface area contributed by atoms with Gasteiger partial charge in [-0.15, -0.1) is 0 Å². The van der Waals surface area contributed by atoms with Crippen molar-refractivity contribution in [3.63, 3.8) is 0 Å². The van der Waals surface area contributed by atoms with Crippen LogP contribution < -0.4 is 10.5 Å². The van der Waals surface area contributed by atoms with Crippen molar-refractivity contribution >= 4 is 11.6 Å². The van der Waals surface area contributed by atoms with Crippen molar-refractivity contribution < 1.29 is 4.74 Å². The number of nitrogens with zero attached hydrogens (tertiary/aromatic N) is 1. The first-order valence-corrected chi connectivity index (χ1v) is 4.46. The van der Waals surface area contributed by atoms with Gasteiger partial charge in [0.2, 0.25) is 5.88 Å². The van der Waals surface area contributed by atoms with E-state index in [1.807, 2.05) is 6.92 Å². The van der Waals surface area contributed by atoms with E-state index >= 15 is 0 Å². The summed E-state index contributed by atoms with van der Waals surface area (Å²) < 4.78 is 5.08. The fourth-order valence-electron chi connectivity index (χ4n) is 1.13. The van der Waals surface area contributed by atoms with Crippen LogP contribution in [0.25, 0.3) is 0 Å². The molecule has 1 aromatic heterocycles. The van der Waals surface area contributed by atoms with Gasteiger partial charge in [-0.25, -0.2) is 4.98 Å². The van der Waals surface area contributed by atoms with Crippen LogP contribution in [0.5, 0.6) is 5.88 Å². The minimum Gasteiger partial charge on any atom is -0.481 e. The highest BCUT2D eigenvalue weighted by Crippen LogP contribution is 2.24. The summed E-state index contributed by atoms with van der Waals surface area (Å²) in [7, 11) is 1.57. The van der Waals surface area contributed by atoms with Crippen LogP contribution in [0.2, 0.25) is 5.02 Å². The SMILES string of the molecule is COc1nccc(Cl)c1C[C@H](C)N. The minimum atomic E-state index is 0.0515. The van der Waals surface area contributed by atoms with Gasteiger partial charge in [-0.3, -0.25) is 0 Å². The van der Waals surface area contributed by atoms with Crippen molar-refractivity contribution in [2.45, 2.75) is 19.4 Å². The van der Waals surface area contributed by atoms with Crippen molar-refractivity contribution in [1.82, 2.24) is 4.98 Å². The molecule has 0 unspecified atom stereocenters. The molecular weight excluding hydrogens is 188 g/mol. The number of ether oxygens (including phenoxy) is 1. The third kappa shape index (κ3) is 2.57. The molecule has 3 nitrogen and oxygen atoms in total. The number of halogens is 1. The van der Waals surface area contributed by atoms with Crippen molar-refractivity contribution in [3.05, 3.63) is 22.8 Å². The molecule has 1 heterocycles. The van der Waals surface area contributed by atoms with Crippen molar-refractivity contribution in [2.75, 3.05) is 7.11 Å². The molecule has 0 aliphatic rings.